The van der Waals surface area contributed by atoms with Gasteiger partial charge >= 0.3 is 0 Å². The summed E-state index contributed by atoms with van der Waals surface area (Å²) in [5.74, 6) is 0. The molecule has 0 aromatic heterocycles. The average molecular weight is 1270 g/mol. The second-order valence-electron chi connectivity index (χ2n) is 31.6. The Morgan fingerprint density at radius 2 is 0.263 bits per heavy atom. The van der Waals surface area contributed by atoms with Gasteiger partial charge in [-0.3, -0.25) is 0 Å². The first-order valence-corrected chi connectivity index (χ1v) is 35.6. The van der Waals surface area contributed by atoms with Crippen molar-refractivity contribution in [2.75, 3.05) is 0 Å². The molecule has 0 atom stereocenters. The average Bonchev–Trinajstić information content (AvgIpc) is 1.57. The lowest BCUT2D eigenvalue weighted by Gasteiger charge is -2.24. The summed E-state index contributed by atoms with van der Waals surface area (Å²) in [6, 6.07) is 111. The highest BCUT2D eigenvalue weighted by molar-refractivity contribution is 5.95. The van der Waals surface area contributed by atoms with Gasteiger partial charge in [-0.15, -0.1) is 0 Å². The molecule has 99 heavy (non-hydrogen) atoms. The van der Waals surface area contributed by atoms with Gasteiger partial charge in [0.1, 0.15) is 0 Å². The maximum atomic E-state index is 2.50. The lowest BCUT2D eigenvalue weighted by molar-refractivity contribution is 0.659. The third-order valence-corrected chi connectivity index (χ3v) is 24.4. The lowest BCUT2D eigenvalue weighted by Crippen LogP contribution is -2.16. The van der Waals surface area contributed by atoms with E-state index in [4.69, 9.17) is 0 Å². The van der Waals surface area contributed by atoms with E-state index in [1.54, 1.807) is 0 Å². The van der Waals surface area contributed by atoms with Crippen LogP contribution in [0.1, 0.15) is 125 Å². The molecule has 474 valence electrons. The summed E-state index contributed by atoms with van der Waals surface area (Å²) in [6.07, 6.45) is 0. The maximum absolute atomic E-state index is 2.50. The van der Waals surface area contributed by atoms with E-state index in [-0.39, 0.29) is 27.1 Å². The molecule has 0 amide bonds. The summed E-state index contributed by atoms with van der Waals surface area (Å²) >= 11 is 0. The van der Waals surface area contributed by atoms with E-state index >= 15 is 0 Å². The van der Waals surface area contributed by atoms with Gasteiger partial charge in [-0.05, 0) is 261 Å². The molecule has 0 unspecified atom stereocenters. The van der Waals surface area contributed by atoms with E-state index in [1.165, 1.54) is 200 Å². The van der Waals surface area contributed by atoms with Crippen molar-refractivity contribution >= 4 is 0 Å². The molecule has 0 bridgehead atoms. The third-order valence-electron chi connectivity index (χ3n) is 24.4. The monoisotopic (exact) mass is 1270 g/mol. The molecule has 0 heteroatoms. The Labute approximate surface area is 584 Å². The summed E-state index contributed by atoms with van der Waals surface area (Å²) < 4.78 is 0. The second-order valence-corrected chi connectivity index (χ2v) is 31.6. The van der Waals surface area contributed by atoms with Crippen LogP contribution in [0.4, 0.5) is 0 Å². The maximum Gasteiger partial charge on any atom is 0.0159 e. The Morgan fingerprint density at radius 3 is 0.444 bits per heavy atom. The Balaban J connectivity index is 0.570. The van der Waals surface area contributed by atoms with Gasteiger partial charge in [0, 0.05) is 27.1 Å². The molecule has 19 rings (SSSR count). The van der Waals surface area contributed by atoms with Gasteiger partial charge in [-0.2, -0.15) is 0 Å². The van der Waals surface area contributed by atoms with Crippen molar-refractivity contribution in [3.8, 4) is 145 Å². The highest BCUT2D eigenvalue weighted by atomic mass is 14.5. The van der Waals surface area contributed by atoms with E-state index in [1.807, 2.05) is 0 Å². The first-order valence-electron chi connectivity index (χ1n) is 35.6. The zero-order valence-corrected chi connectivity index (χ0v) is 58.2. The molecule has 0 nitrogen and oxygen atoms in total. The van der Waals surface area contributed by atoms with Crippen LogP contribution in [0.3, 0.4) is 0 Å². The molecule has 5 aliphatic rings. The minimum Gasteiger partial charge on any atom is -0.0622 e. The summed E-state index contributed by atoms with van der Waals surface area (Å²) in [7, 11) is 0. The largest absolute Gasteiger partial charge is 0.0622 e. The first-order chi connectivity index (χ1) is 47.8. The molecule has 0 saturated carbocycles. The van der Waals surface area contributed by atoms with Crippen LogP contribution < -0.4 is 0 Å². The van der Waals surface area contributed by atoms with Gasteiger partial charge in [-0.1, -0.05) is 300 Å². The van der Waals surface area contributed by atoms with Gasteiger partial charge in [0.25, 0.3) is 0 Å². The van der Waals surface area contributed by atoms with Crippen molar-refractivity contribution in [2.24, 2.45) is 0 Å². The molecule has 14 aromatic carbocycles. The van der Waals surface area contributed by atoms with Crippen LogP contribution in [0.25, 0.3) is 145 Å². The summed E-state index contributed by atoms with van der Waals surface area (Å²) in [6.45, 7) is 24.2. The topological polar surface area (TPSA) is 0 Å². The van der Waals surface area contributed by atoms with Gasteiger partial charge < -0.3 is 0 Å². The van der Waals surface area contributed by atoms with Crippen LogP contribution in [-0.4, -0.2) is 0 Å². The van der Waals surface area contributed by atoms with Crippen molar-refractivity contribution in [1.82, 2.24) is 0 Å². The van der Waals surface area contributed by atoms with E-state index in [0.29, 0.717) is 0 Å². The fraction of sp³-hybridized carbons (Fsp3) is 0.152. The smallest absolute Gasteiger partial charge is 0.0159 e. The van der Waals surface area contributed by atoms with Crippen molar-refractivity contribution in [3.63, 3.8) is 0 Å². The Morgan fingerprint density at radius 1 is 0.121 bits per heavy atom. The van der Waals surface area contributed by atoms with E-state index in [0.717, 1.165) is 0 Å². The van der Waals surface area contributed by atoms with Crippen LogP contribution in [0.15, 0.2) is 291 Å². The molecule has 0 heterocycles. The van der Waals surface area contributed by atoms with Gasteiger partial charge in [0.2, 0.25) is 0 Å². The summed E-state index contributed by atoms with van der Waals surface area (Å²) in [5.41, 5.74) is 46.6. The molecule has 0 radical (unpaired) electrons. The van der Waals surface area contributed by atoms with Crippen LogP contribution in [-0.2, 0) is 27.1 Å². The number of benzene rings is 14. The van der Waals surface area contributed by atoms with Crippen molar-refractivity contribution in [3.05, 3.63) is 347 Å². The summed E-state index contributed by atoms with van der Waals surface area (Å²) in [5, 5.41) is 0. The minimum absolute atomic E-state index is 0.161. The standard InChI is InChI=1S/C99H78/c1-95(2)85-49-61(63-31-41-77-79-43-33-65(53-89(79)96(3,4)87(77)51-63)67-35-45-81-83-47-37-69(57-93(83)98(7,8)91(81)55-67)73-27-19-17-25-71(73)59-21-13-11-14-22-59)29-39-75(85)76-40-30-62(50-86(76)95)64-32-42-78-80-44-34-66(54-90(80)97(5,6)88(78)52-64)68-36-46-82-84-48-38-70(58-94(84)99(9,10)92(82)56-68)74-28-20-18-26-72(74)60-23-15-12-16-24-60/h11-58H,1-10H3. The number of hydrogen-bond acceptors (Lipinski definition) is 0. The predicted octanol–water partition coefficient (Wildman–Crippen LogP) is 26.6. The SMILES string of the molecule is CC1(C)c2cc(-c3ccc4c(c3)C(C)(C)c3cc(-c5ccc6c(c5)C(C)(C)c5cc(-c7ccccc7-c7ccccc7)ccc5-6)ccc3-4)ccc2-c2ccc(-c3ccc4c(c3)C(C)(C)c3cc(-c5ccc6c(c5)C(C)(C)c5cc(-c7ccccc7-c7ccccc7)ccc5-6)ccc3-4)cc21. The van der Waals surface area contributed by atoms with Gasteiger partial charge in [0.15, 0.2) is 0 Å². The number of rotatable bonds is 8. The fourth-order valence-electron chi connectivity index (χ4n) is 18.7. The first kappa shape index (κ1) is 59.4. The van der Waals surface area contributed by atoms with E-state index in [2.05, 4.69) is 360 Å². The number of fused-ring (bicyclic) bond motifs is 15. The van der Waals surface area contributed by atoms with E-state index in [9.17, 15) is 0 Å². The van der Waals surface area contributed by atoms with Crippen LogP contribution in [0.2, 0.25) is 0 Å². The molecule has 0 saturated heterocycles. The molecule has 0 aliphatic heterocycles. The molecular formula is C99H78. The molecule has 0 fully saturated rings. The van der Waals surface area contributed by atoms with Crippen molar-refractivity contribution in [2.45, 2.75) is 96.3 Å². The minimum atomic E-state index is -0.192. The predicted molar refractivity (Wildman–Crippen MR) is 418 cm³/mol. The Kier molecular flexibility index (Phi) is 12.6. The second kappa shape index (κ2) is 21.0. The quantitative estimate of drug-likeness (QED) is 0.142. The van der Waals surface area contributed by atoms with Crippen LogP contribution >= 0.6 is 0 Å². The van der Waals surface area contributed by atoms with Crippen molar-refractivity contribution < 1.29 is 0 Å². The summed E-state index contributed by atoms with van der Waals surface area (Å²) in [4.78, 5) is 0. The molecule has 5 aliphatic carbocycles. The molecule has 14 aromatic rings. The fourth-order valence-corrected chi connectivity index (χ4v) is 18.7. The normalized spacial score (nSPS) is 15.6. The highest BCUT2D eigenvalue weighted by Gasteiger charge is 2.42. The highest BCUT2D eigenvalue weighted by Crippen LogP contribution is 2.58. The lowest BCUT2D eigenvalue weighted by atomic mass is 9.79. The van der Waals surface area contributed by atoms with Gasteiger partial charge in [-0.25, -0.2) is 0 Å². The molecular weight excluding hydrogens is 1190 g/mol. The van der Waals surface area contributed by atoms with Crippen LogP contribution in [0.5, 0.6) is 0 Å². The number of hydrogen-bond donors (Lipinski definition) is 0. The van der Waals surface area contributed by atoms with Gasteiger partial charge in [0.05, 0.1) is 0 Å². The van der Waals surface area contributed by atoms with Crippen LogP contribution in [0, 0.1) is 0 Å². The Hall–Kier alpha value is -10.9. The zero-order valence-electron chi connectivity index (χ0n) is 58.2. The van der Waals surface area contributed by atoms with E-state index < -0.39 is 0 Å². The third kappa shape index (κ3) is 8.71. The molecule has 0 spiro atoms. The Bertz CT molecular complexity index is 5440. The zero-order chi connectivity index (χ0) is 67.2. The molecule has 0 N–H and O–H groups in total. The van der Waals surface area contributed by atoms with Crippen molar-refractivity contribution in [1.29, 1.82) is 0 Å².